The second kappa shape index (κ2) is 8.59. The van der Waals surface area contributed by atoms with Crippen LogP contribution in [-0.4, -0.2) is 18.3 Å². The molecule has 0 saturated carbocycles. The highest BCUT2D eigenvalue weighted by Crippen LogP contribution is 2.31. The van der Waals surface area contributed by atoms with Gasteiger partial charge in [-0.05, 0) is 73.8 Å². The van der Waals surface area contributed by atoms with Crippen molar-refractivity contribution < 1.29 is 9.18 Å². The highest BCUT2D eigenvalue weighted by molar-refractivity contribution is 6.31. The number of nitrogens with zero attached hydrogens (tertiary/aromatic N) is 2. The van der Waals surface area contributed by atoms with Crippen LogP contribution in [0, 0.1) is 5.82 Å². The van der Waals surface area contributed by atoms with Crippen molar-refractivity contribution in [2.45, 2.75) is 6.92 Å². The maximum atomic E-state index is 13.0. The zero-order chi connectivity index (χ0) is 20.1. The van der Waals surface area contributed by atoms with Gasteiger partial charge in [0.15, 0.2) is 0 Å². The fourth-order valence-electron chi connectivity index (χ4n) is 2.56. The summed E-state index contributed by atoms with van der Waals surface area (Å²) in [5.74, 6) is -0.688. The van der Waals surface area contributed by atoms with Crippen LogP contribution >= 0.6 is 11.6 Å². The first kappa shape index (κ1) is 19.5. The number of aliphatic imine (C=N–C) groups is 2. The van der Waals surface area contributed by atoms with E-state index in [9.17, 15) is 9.18 Å². The van der Waals surface area contributed by atoms with E-state index >= 15 is 0 Å². The van der Waals surface area contributed by atoms with Gasteiger partial charge in [0.1, 0.15) is 5.82 Å². The van der Waals surface area contributed by atoms with Gasteiger partial charge in [-0.1, -0.05) is 23.7 Å². The minimum absolute atomic E-state index is 0.305. The summed E-state index contributed by atoms with van der Waals surface area (Å²) in [6.07, 6.45) is 0. The molecule has 3 rings (SSSR count). The normalized spacial score (nSPS) is 11.2. The van der Waals surface area contributed by atoms with Crippen LogP contribution in [0.3, 0.4) is 0 Å². The molecule has 0 bridgehead atoms. The number of carbonyl (C=O) groups excluding carboxylic acids is 1. The van der Waals surface area contributed by atoms with E-state index in [1.807, 2.05) is 19.1 Å². The Morgan fingerprint density at radius 1 is 0.964 bits per heavy atom. The van der Waals surface area contributed by atoms with E-state index in [1.165, 1.54) is 24.3 Å². The predicted molar refractivity (Wildman–Crippen MR) is 113 cm³/mol. The molecule has 1 N–H and O–H groups in total. The van der Waals surface area contributed by atoms with Crippen molar-refractivity contribution in [2.24, 2.45) is 9.98 Å². The Labute approximate surface area is 167 Å². The van der Waals surface area contributed by atoms with E-state index < -0.39 is 0 Å². The minimum Gasteiger partial charge on any atom is -0.322 e. The van der Waals surface area contributed by atoms with Gasteiger partial charge in [-0.2, -0.15) is 0 Å². The highest BCUT2D eigenvalue weighted by Gasteiger charge is 2.07. The fraction of sp³-hybridized carbons (Fsp3) is 0.0455. The van der Waals surface area contributed by atoms with E-state index in [0.717, 1.165) is 11.3 Å². The summed E-state index contributed by atoms with van der Waals surface area (Å²) in [5.41, 5.74) is 3.97. The van der Waals surface area contributed by atoms with Crippen LogP contribution in [0.15, 0.2) is 76.7 Å². The number of amides is 1. The standard InChI is InChI=1S/C22H17ClFN3O/c1-14(26-20-12-7-17(23)13-21(20)25-2)15-5-10-19(11-6-15)27-22(28)16-3-8-18(24)9-4-16/h3-13H,2H2,1H3,(H,27,28). The summed E-state index contributed by atoms with van der Waals surface area (Å²) >= 11 is 5.97. The third-order valence-corrected chi connectivity index (χ3v) is 4.30. The zero-order valence-electron chi connectivity index (χ0n) is 15.1. The Morgan fingerprint density at radius 2 is 1.61 bits per heavy atom. The number of hydrogen-bond acceptors (Lipinski definition) is 3. The molecule has 0 fully saturated rings. The third kappa shape index (κ3) is 4.69. The van der Waals surface area contributed by atoms with Crippen LogP contribution in [0.4, 0.5) is 21.5 Å². The number of nitrogens with one attached hydrogen (secondary N) is 1. The summed E-state index contributed by atoms with van der Waals surface area (Å²) in [7, 11) is 0. The second-order valence-corrected chi connectivity index (χ2v) is 6.46. The van der Waals surface area contributed by atoms with Gasteiger partial charge >= 0.3 is 0 Å². The molecule has 0 spiro atoms. The molecular weight excluding hydrogens is 377 g/mol. The molecule has 0 aromatic heterocycles. The lowest BCUT2D eigenvalue weighted by Crippen LogP contribution is -2.11. The molecule has 4 nitrogen and oxygen atoms in total. The third-order valence-electron chi connectivity index (χ3n) is 4.06. The molecule has 6 heteroatoms. The van der Waals surface area contributed by atoms with Gasteiger partial charge in [0, 0.05) is 22.0 Å². The van der Waals surface area contributed by atoms with Crippen molar-refractivity contribution >= 4 is 47.0 Å². The molecule has 0 saturated heterocycles. The maximum Gasteiger partial charge on any atom is 0.255 e. The lowest BCUT2D eigenvalue weighted by molar-refractivity contribution is 0.102. The first-order valence-corrected chi connectivity index (χ1v) is 8.83. The molecule has 3 aromatic carbocycles. The van der Waals surface area contributed by atoms with Gasteiger partial charge in [-0.25, -0.2) is 4.39 Å². The first-order chi connectivity index (χ1) is 13.5. The van der Waals surface area contributed by atoms with Gasteiger partial charge < -0.3 is 5.32 Å². The Morgan fingerprint density at radius 3 is 2.25 bits per heavy atom. The molecule has 0 unspecified atom stereocenters. The van der Waals surface area contributed by atoms with Crippen molar-refractivity contribution in [3.63, 3.8) is 0 Å². The van der Waals surface area contributed by atoms with E-state index in [0.29, 0.717) is 27.6 Å². The molecule has 0 aliphatic rings. The number of hydrogen-bond donors (Lipinski definition) is 1. The number of rotatable bonds is 5. The number of carbonyl (C=O) groups is 1. The molecule has 140 valence electrons. The Bertz CT molecular complexity index is 1040. The Balaban J connectivity index is 1.75. The number of anilines is 1. The summed E-state index contributed by atoms with van der Waals surface area (Å²) in [6.45, 7) is 5.43. The lowest BCUT2D eigenvalue weighted by Gasteiger charge is -2.08. The molecule has 0 aliphatic carbocycles. The topological polar surface area (TPSA) is 53.8 Å². The van der Waals surface area contributed by atoms with Gasteiger partial charge in [0.05, 0.1) is 11.4 Å². The predicted octanol–water partition coefficient (Wildman–Crippen LogP) is 6.20. The van der Waals surface area contributed by atoms with Gasteiger partial charge in [-0.3, -0.25) is 14.8 Å². The summed E-state index contributed by atoms with van der Waals surface area (Å²) < 4.78 is 13.0. The van der Waals surface area contributed by atoms with Crippen molar-refractivity contribution in [3.8, 4) is 0 Å². The van der Waals surface area contributed by atoms with Crippen LogP contribution in [0.5, 0.6) is 0 Å². The summed E-state index contributed by atoms with van der Waals surface area (Å²) in [5, 5.41) is 3.35. The molecule has 0 aliphatic heterocycles. The summed E-state index contributed by atoms with van der Waals surface area (Å²) in [6, 6.07) is 17.9. The smallest absolute Gasteiger partial charge is 0.255 e. The molecule has 0 atom stereocenters. The van der Waals surface area contributed by atoms with Crippen molar-refractivity contribution in [1.29, 1.82) is 0 Å². The van der Waals surface area contributed by atoms with Gasteiger partial charge in [0.2, 0.25) is 0 Å². The Hall–Kier alpha value is -3.31. The number of halogens is 2. The van der Waals surface area contributed by atoms with Crippen molar-refractivity contribution in [1.82, 2.24) is 0 Å². The molecular formula is C22H17ClFN3O. The minimum atomic E-state index is -0.383. The largest absolute Gasteiger partial charge is 0.322 e. The van der Waals surface area contributed by atoms with E-state index in [-0.39, 0.29) is 11.7 Å². The molecule has 0 radical (unpaired) electrons. The second-order valence-electron chi connectivity index (χ2n) is 6.03. The van der Waals surface area contributed by atoms with Crippen molar-refractivity contribution in [2.75, 3.05) is 5.32 Å². The first-order valence-electron chi connectivity index (χ1n) is 8.45. The molecule has 0 heterocycles. The summed E-state index contributed by atoms with van der Waals surface area (Å²) in [4.78, 5) is 20.7. The SMILES string of the molecule is C=Nc1cc(Cl)ccc1N=C(C)c1ccc(NC(=O)c2ccc(F)cc2)cc1. The van der Waals surface area contributed by atoms with Gasteiger partial charge in [0.25, 0.3) is 5.91 Å². The molecule has 28 heavy (non-hydrogen) atoms. The van der Waals surface area contributed by atoms with Crippen LogP contribution in [-0.2, 0) is 0 Å². The average molecular weight is 394 g/mol. The van der Waals surface area contributed by atoms with E-state index in [2.05, 4.69) is 22.0 Å². The number of benzene rings is 3. The molecule has 3 aromatic rings. The van der Waals surface area contributed by atoms with Crippen LogP contribution in [0.1, 0.15) is 22.8 Å². The average Bonchev–Trinajstić information content (AvgIpc) is 2.70. The van der Waals surface area contributed by atoms with E-state index in [4.69, 9.17) is 11.6 Å². The van der Waals surface area contributed by atoms with Crippen LogP contribution < -0.4 is 5.32 Å². The van der Waals surface area contributed by atoms with Gasteiger partial charge in [-0.15, -0.1) is 0 Å². The quantitative estimate of drug-likeness (QED) is 0.515. The van der Waals surface area contributed by atoms with Crippen molar-refractivity contribution in [3.05, 3.63) is 88.7 Å². The van der Waals surface area contributed by atoms with Crippen LogP contribution in [0.25, 0.3) is 0 Å². The fourth-order valence-corrected chi connectivity index (χ4v) is 2.73. The Kier molecular flexibility index (Phi) is 5.96. The highest BCUT2D eigenvalue weighted by atomic mass is 35.5. The lowest BCUT2D eigenvalue weighted by atomic mass is 10.1. The maximum absolute atomic E-state index is 13.0. The zero-order valence-corrected chi connectivity index (χ0v) is 15.9. The van der Waals surface area contributed by atoms with Crippen LogP contribution in [0.2, 0.25) is 5.02 Å². The molecule has 1 amide bonds. The van der Waals surface area contributed by atoms with E-state index in [1.54, 1.807) is 30.3 Å². The monoisotopic (exact) mass is 393 g/mol.